The Morgan fingerprint density at radius 1 is 1.50 bits per heavy atom. The lowest BCUT2D eigenvalue weighted by atomic mass is 9.80. The number of rotatable bonds is 6. The summed E-state index contributed by atoms with van der Waals surface area (Å²) >= 11 is 4.92. The molecule has 0 saturated heterocycles. The van der Waals surface area contributed by atoms with Gasteiger partial charge in [0.05, 0.1) is 6.10 Å². The summed E-state index contributed by atoms with van der Waals surface area (Å²) in [6.07, 6.45) is 2.85. The molecule has 108 valence electrons. The Balaban J connectivity index is 1.80. The van der Waals surface area contributed by atoms with E-state index in [9.17, 15) is 4.79 Å². The zero-order chi connectivity index (χ0) is 14.5. The summed E-state index contributed by atoms with van der Waals surface area (Å²) in [6, 6.07) is 7.29. The fourth-order valence-electron chi connectivity index (χ4n) is 2.44. The molecule has 1 saturated carbocycles. The van der Waals surface area contributed by atoms with Crippen LogP contribution in [0.1, 0.15) is 31.7 Å². The molecule has 1 aromatic carbocycles. The predicted molar refractivity (Wildman–Crippen MR) is 83.7 cm³/mol. The second-order valence-electron chi connectivity index (χ2n) is 5.11. The number of thiocarbonyl (C=S) groups is 1. The highest BCUT2D eigenvalue weighted by Crippen LogP contribution is 2.32. The van der Waals surface area contributed by atoms with Crippen LogP contribution < -0.4 is 11.1 Å². The van der Waals surface area contributed by atoms with E-state index in [1.807, 2.05) is 25.1 Å². The molecule has 0 unspecified atom stereocenters. The largest absolute Gasteiger partial charge is 0.389 e. The molecular formula is C15H20N2O2S. The number of anilines is 1. The van der Waals surface area contributed by atoms with E-state index in [1.54, 1.807) is 6.07 Å². The molecule has 3 N–H and O–H groups in total. The summed E-state index contributed by atoms with van der Waals surface area (Å²) in [7, 11) is 0. The normalized spacial score (nSPS) is 21.1. The van der Waals surface area contributed by atoms with Gasteiger partial charge in [0, 0.05) is 24.3 Å². The molecule has 0 aliphatic heterocycles. The van der Waals surface area contributed by atoms with Crippen LogP contribution in [0.3, 0.4) is 0 Å². The lowest BCUT2D eigenvalue weighted by Gasteiger charge is -2.34. The first kappa shape index (κ1) is 14.9. The second kappa shape index (κ2) is 6.81. The first-order valence-corrected chi connectivity index (χ1v) is 7.30. The number of benzene rings is 1. The summed E-state index contributed by atoms with van der Waals surface area (Å²) in [6.45, 7) is 2.74. The van der Waals surface area contributed by atoms with E-state index in [2.05, 4.69) is 5.32 Å². The highest BCUT2D eigenvalue weighted by molar-refractivity contribution is 7.80. The van der Waals surface area contributed by atoms with E-state index in [-0.39, 0.29) is 5.91 Å². The van der Waals surface area contributed by atoms with Gasteiger partial charge in [-0.05, 0) is 37.8 Å². The molecule has 0 atom stereocenters. The van der Waals surface area contributed by atoms with E-state index in [0.717, 1.165) is 30.7 Å². The second-order valence-corrected chi connectivity index (χ2v) is 5.55. The maximum Gasteiger partial charge on any atom is 0.224 e. The number of hydrogen-bond donors (Lipinski definition) is 2. The van der Waals surface area contributed by atoms with Crippen LogP contribution in [-0.2, 0) is 9.53 Å². The van der Waals surface area contributed by atoms with Crippen LogP contribution >= 0.6 is 12.2 Å². The number of carbonyl (C=O) groups excluding carboxylic acids is 1. The maximum atomic E-state index is 11.9. The van der Waals surface area contributed by atoms with Crippen molar-refractivity contribution in [2.75, 3.05) is 11.9 Å². The quantitative estimate of drug-likeness (QED) is 0.791. The average Bonchev–Trinajstić information content (AvgIpc) is 2.36. The van der Waals surface area contributed by atoms with Crippen molar-refractivity contribution in [2.24, 2.45) is 11.7 Å². The molecule has 0 aromatic heterocycles. The molecule has 20 heavy (non-hydrogen) atoms. The van der Waals surface area contributed by atoms with Gasteiger partial charge in [0.25, 0.3) is 0 Å². The van der Waals surface area contributed by atoms with E-state index in [1.165, 1.54) is 0 Å². The monoisotopic (exact) mass is 292 g/mol. The van der Waals surface area contributed by atoms with Crippen LogP contribution in [0, 0.1) is 5.92 Å². The number of amides is 1. The lowest BCUT2D eigenvalue weighted by molar-refractivity contribution is -0.119. The first-order valence-electron chi connectivity index (χ1n) is 6.89. The lowest BCUT2D eigenvalue weighted by Crippen LogP contribution is -2.33. The smallest absolute Gasteiger partial charge is 0.224 e. The Kier molecular flexibility index (Phi) is 5.09. The molecule has 4 nitrogen and oxygen atoms in total. The molecule has 0 radical (unpaired) electrons. The zero-order valence-electron chi connectivity index (χ0n) is 11.6. The standard InChI is InChI=1S/C15H20N2O2S/c1-2-19-13-6-10(7-13)8-14(18)17-12-5-3-4-11(9-12)15(16)20/h3-5,9-10,13H,2,6-8H2,1H3,(H2,16,20)(H,17,18). The minimum absolute atomic E-state index is 0.0324. The summed E-state index contributed by atoms with van der Waals surface area (Å²) in [5, 5.41) is 2.89. The van der Waals surface area contributed by atoms with Crippen LogP contribution in [0.2, 0.25) is 0 Å². The van der Waals surface area contributed by atoms with Crippen molar-refractivity contribution in [1.29, 1.82) is 0 Å². The van der Waals surface area contributed by atoms with Gasteiger partial charge in [0.1, 0.15) is 4.99 Å². The van der Waals surface area contributed by atoms with E-state index < -0.39 is 0 Å². The minimum Gasteiger partial charge on any atom is -0.389 e. The van der Waals surface area contributed by atoms with Gasteiger partial charge in [-0.15, -0.1) is 0 Å². The van der Waals surface area contributed by atoms with E-state index in [0.29, 0.717) is 23.4 Å². The van der Waals surface area contributed by atoms with Gasteiger partial charge in [-0.1, -0.05) is 24.4 Å². The van der Waals surface area contributed by atoms with Crippen molar-refractivity contribution < 1.29 is 9.53 Å². The third-order valence-electron chi connectivity index (χ3n) is 3.50. The SMILES string of the molecule is CCOC1CC(CC(=O)Nc2cccc(C(N)=S)c2)C1. The Bertz CT molecular complexity index is 498. The van der Waals surface area contributed by atoms with E-state index in [4.69, 9.17) is 22.7 Å². The molecule has 0 heterocycles. The third kappa shape index (κ3) is 4.02. The van der Waals surface area contributed by atoms with Gasteiger partial charge in [0.2, 0.25) is 5.91 Å². The first-order chi connectivity index (χ1) is 9.58. The van der Waals surface area contributed by atoms with Gasteiger partial charge < -0.3 is 15.8 Å². The summed E-state index contributed by atoms with van der Waals surface area (Å²) in [4.78, 5) is 12.3. The molecule has 1 aliphatic carbocycles. The summed E-state index contributed by atoms with van der Waals surface area (Å²) in [5.41, 5.74) is 7.07. The molecule has 0 spiro atoms. The average molecular weight is 292 g/mol. The van der Waals surface area contributed by atoms with Crippen LogP contribution in [0.25, 0.3) is 0 Å². The predicted octanol–water partition coefficient (Wildman–Crippen LogP) is 2.46. The summed E-state index contributed by atoms with van der Waals surface area (Å²) in [5.74, 6) is 0.468. The van der Waals surface area contributed by atoms with Crippen molar-refractivity contribution in [3.8, 4) is 0 Å². The molecular weight excluding hydrogens is 272 g/mol. The van der Waals surface area contributed by atoms with Crippen LogP contribution in [-0.4, -0.2) is 23.6 Å². The highest BCUT2D eigenvalue weighted by Gasteiger charge is 2.30. The number of nitrogens with one attached hydrogen (secondary N) is 1. The van der Waals surface area contributed by atoms with Crippen molar-refractivity contribution in [3.05, 3.63) is 29.8 Å². The Labute approximate surface area is 124 Å². The Morgan fingerprint density at radius 3 is 2.90 bits per heavy atom. The van der Waals surface area contributed by atoms with Gasteiger partial charge >= 0.3 is 0 Å². The fraction of sp³-hybridized carbons (Fsp3) is 0.467. The molecule has 0 bridgehead atoms. The van der Waals surface area contributed by atoms with Crippen LogP contribution in [0.15, 0.2) is 24.3 Å². The fourth-order valence-corrected chi connectivity index (χ4v) is 2.56. The zero-order valence-corrected chi connectivity index (χ0v) is 12.4. The molecule has 1 aliphatic rings. The Morgan fingerprint density at radius 2 is 2.25 bits per heavy atom. The number of ether oxygens (including phenoxy) is 1. The van der Waals surface area contributed by atoms with E-state index >= 15 is 0 Å². The number of nitrogens with two attached hydrogens (primary N) is 1. The summed E-state index contributed by atoms with van der Waals surface area (Å²) < 4.78 is 5.49. The van der Waals surface area contributed by atoms with Gasteiger partial charge in [-0.3, -0.25) is 4.79 Å². The van der Waals surface area contributed by atoms with Crippen molar-refractivity contribution in [2.45, 2.75) is 32.3 Å². The maximum absolute atomic E-state index is 11.9. The topological polar surface area (TPSA) is 64.3 Å². The number of carbonyl (C=O) groups is 1. The molecule has 5 heteroatoms. The van der Waals surface area contributed by atoms with Crippen molar-refractivity contribution >= 4 is 28.8 Å². The molecule has 1 amide bonds. The number of hydrogen-bond acceptors (Lipinski definition) is 3. The molecule has 1 aromatic rings. The van der Waals surface area contributed by atoms with Gasteiger partial charge in [0.15, 0.2) is 0 Å². The van der Waals surface area contributed by atoms with Crippen molar-refractivity contribution in [1.82, 2.24) is 0 Å². The minimum atomic E-state index is 0.0324. The van der Waals surface area contributed by atoms with Gasteiger partial charge in [-0.25, -0.2) is 0 Å². The third-order valence-corrected chi connectivity index (χ3v) is 3.74. The van der Waals surface area contributed by atoms with Crippen molar-refractivity contribution in [3.63, 3.8) is 0 Å². The molecule has 2 rings (SSSR count). The highest BCUT2D eigenvalue weighted by atomic mass is 32.1. The molecule has 1 fully saturated rings. The Hall–Kier alpha value is -1.46. The van der Waals surface area contributed by atoms with Crippen LogP contribution in [0.5, 0.6) is 0 Å². The van der Waals surface area contributed by atoms with Crippen LogP contribution in [0.4, 0.5) is 5.69 Å². The van der Waals surface area contributed by atoms with Gasteiger partial charge in [-0.2, -0.15) is 0 Å².